The highest BCUT2D eigenvalue weighted by Crippen LogP contribution is 2.24. The largest absolute Gasteiger partial charge is 0.401 e. The van der Waals surface area contributed by atoms with E-state index in [2.05, 4.69) is 25.6 Å². The second-order valence-electron chi connectivity index (χ2n) is 4.90. The predicted octanol–water partition coefficient (Wildman–Crippen LogP) is 2.41. The van der Waals surface area contributed by atoms with Crippen molar-refractivity contribution in [1.29, 1.82) is 0 Å². The summed E-state index contributed by atoms with van der Waals surface area (Å²) in [7, 11) is -3.95. The summed E-state index contributed by atoms with van der Waals surface area (Å²) in [5.41, 5.74) is 0. The summed E-state index contributed by atoms with van der Waals surface area (Å²) in [6.07, 6.45) is -2.65. The van der Waals surface area contributed by atoms with E-state index in [0.717, 1.165) is 4.90 Å². The molecule has 0 amide bonds. The van der Waals surface area contributed by atoms with Crippen LogP contribution in [-0.4, -0.2) is 50.2 Å². The Morgan fingerprint density at radius 2 is 2.18 bits per heavy atom. The van der Waals surface area contributed by atoms with Crippen molar-refractivity contribution in [2.45, 2.75) is 23.5 Å². The Morgan fingerprint density at radius 3 is 2.82 bits per heavy atom. The van der Waals surface area contributed by atoms with Gasteiger partial charge in [0.2, 0.25) is 10.0 Å². The predicted molar refractivity (Wildman–Crippen MR) is 78.2 cm³/mol. The van der Waals surface area contributed by atoms with Gasteiger partial charge in [0.15, 0.2) is 0 Å². The van der Waals surface area contributed by atoms with Gasteiger partial charge in [0.1, 0.15) is 10.0 Å². The number of hydrogen-bond donors (Lipinski definition) is 1. The van der Waals surface area contributed by atoms with Gasteiger partial charge in [0.05, 0.1) is 6.54 Å². The van der Waals surface area contributed by atoms with Crippen molar-refractivity contribution in [3.63, 3.8) is 0 Å². The quantitative estimate of drug-likeness (QED) is 0.757. The molecule has 2 rings (SSSR count). The number of halogens is 5. The van der Waals surface area contributed by atoms with Crippen molar-refractivity contribution in [3.8, 4) is 0 Å². The number of nitrogens with zero attached hydrogens (tertiary/aromatic N) is 2. The van der Waals surface area contributed by atoms with Gasteiger partial charge in [-0.15, -0.1) is 0 Å². The summed E-state index contributed by atoms with van der Waals surface area (Å²) in [6.45, 7) is -0.876. The Labute approximate surface area is 139 Å². The number of nitrogens with one attached hydrogen (secondary N) is 1. The standard InChI is InChI=1S/C11H12BrClF3N3O2S/c12-7-3-9(10(13)17-4-7)22(20,21)18-8-1-2-19(5-8)6-11(14,15)16/h3-4,8,18H,1-2,5-6H2. The zero-order valence-electron chi connectivity index (χ0n) is 11.1. The van der Waals surface area contributed by atoms with Crippen LogP contribution in [0.1, 0.15) is 6.42 Å². The first kappa shape index (κ1) is 17.9. The molecule has 0 aliphatic carbocycles. The monoisotopic (exact) mass is 421 g/mol. The van der Waals surface area contributed by atoms with Gasteiger partial charge in [-0.25, -0.2) is 18.1 Å². The maximum absolute atomic E-state index is 12.3. The van der Waals surface area contributed by atoms with Crippen LogP contribution in [0, 0.1) is 0 Å². The Balaban J connectivity index is 2.06. The van der Waals surface area contributed by atoms with E-state index >= 15 is 0 Å². The molecule has 2 heterocycles. The van der Waals surface area contributed by atoms with Crippen LogP contribution in [0.3, 0.4) is 0 Å². The first-order chi connectivity index (χ1) is 10.1. The molecule has 1 saturated heterocycles. The average molecular weight is 423 g/mol. The normalized spacial score (nSPS) is 20.5. The first-order valence-electron chi connectivity index (χ1n) is 6.19. The lowest BCUT2D eigenvalue weighted by atomic mass is 10.3. The van der Waals surface area contributed by atoms with Crippen LogP contribution in [0.25, 0.3) is 0 Å². The number of sulfonamides is 1. The van der Waals surface area contributed by atoms with Crippen LogP contribution < -0.4 is 4.72 Å². The van der Waals surface area contributed by atoms with Gasteiger partial charge in [-0.1, -0.05) is 11.6 Å². The zero-order valence-corrected chi connectivity index (χ0v) is 14.2. The van der Waals surface area contributed by atoms with Crippen molar-refractivity contribution in [2.24, 2.45) is 0 Å². The van der Waals surface area contributed by atoms with Crippen LogP contribution in [0.4, 0.5) is 13.2 Å². The van der Waals surface area contributed by atoms with Gasteiger partial charge in [-0.2, -0.15) is 13.2 Å². The van der Waals surface area contributed by atoms with E-state index in [1.165, 1.54) is 12.3 Å². The molecule has 1 fully saturated rings. The van der Waals surface area contributed by atoms with Crippen LogP contribution in [0.15, 0.2) is 21.6 Å². The van der Waals surface area contributed by atoms with E-state index in [-0.39, 0.29) is 23.1 Å². The zero-order chi connectivity index (χ0) is 16.5. The van der Waals surface area contributed by atoms with Crippen molar-refractivity contribution in [2.75, 3.05) is 19.6 Å². The average Bonchev–Trinajstić information content (AvgIpc) is 2.76. The molecule has 0 saturated carbocycles. The minimum absolute atomic E-state index is 0.00219. The molecule has 1 atom stereocenters. The Bertz CT molecular complexity index is 656. The Kier molecular flexibility index (Phi) is 5.38. The topological polar surface area (TPSA) is 62.3 Å². The third-order valence-electron chi connectivity index (χ3n) is 3.06. The van der Waals surface area contributed by atoms with Gasteiger partial charge in [-0.3, -0.25) is 4.90 Å². The van der Waals surface area contributed by atoms with Crippen LogP contribution in [0.5, 0.6) is 0 Å². The molecular formula is C11H12BrClF3N3O2S. The lowest BCUT2D eigenvalue weighted by Gasteiger charge is -2.18. The third kappa shape index (κ3) is 4.79. The second kappa shape index (κ2) is 6.60. The minimum Gasteiger partial charge on any atom is -0.293 e. The lowest BCUT2D eigenvalue weighted by Crippen LogP contribution is -2.39. The molecule has 1 aromatic heterocycles. The molecule has 1 unspecified atom stereocenters. The van der Waals surface area contributed by atoms with Crippen molar-refractivity contribution >= 4 is 37.6 Å². The summed E-state index contributed by atoms with van der Waals surface area (Å²) in [6, 6.07) is 0.697. The fourth-order valence-electron chi connectivity index (χ4n) is 2.20. The van der Waals surface area contributed by atoms with Gasteiger partial charge in [0, 0.05) is 29.8 Å². The summed E-state index contributed by atoms with van der Waals surface area (Å²) in [5, 5.41) is -0.194. The number of likely N-dealkylation sites (tertiary alicyclic amines) is 1. The van der Waals surface area contributed by atoms with E-state index in [9.17, 15) is 21.6 Å². The maximum atomic E-state index is 12.3. The molecule has 0 radical (unpaired) electrons. The van der Waals surface area contributed by atoms with E-state index in [4.69, 9.17) is 11.6 Å². The Morgan fingerprint density at radius 1 is 1.50 bits per heavy atom. The molecule has 11 heteroatoms. The molecular weight excluding hydrogens is 411 g/mol. The highest BCUT2D eigenvalue weighted by Gasteiger charge is 2.35. The van der Waals surface area contributed by atoms with Crippen LogP contribution in [0.2, 0.25) is 5.15 Å². The summed E-state index contributed by atoms with van der Waals surface area (Å²) >= 11 is 8.87. The smallest absolute Gasteiger partial charge is 0.293 e. The maximum Gasteiger partial charge on any atom is 0.401 e. The SMILES string of the molecule is O=S(=O)(NC1CCN(CC(F)(F)F)C1)c1cc(Br)cnc1Cl. The number of alkyl halides is 3. The molecule has 0 aromatic carbocycles. The molecule has 5 nitrogen and oxygen atoms in total. The Hall–Kier alpha value is -0.420. The first-order valence-corrected chi connectivity index (χ1v) is 8.85. The minimum atomic E-state index is -4.30. The highest BCUT2D eigenvalue weighted by atomic mass is 79.9. The number of aromatic nitrogens is 1. The summed E-state index contributed by atoms with van der Waals surface area (Å²) in [5.74, 6) is 0. The molecule has 22 heavy (non-hydrogen) atoms. The molecule has 0 bridgehead atoms. The van der Waals surface area contributed by atoms with E-state index in [1.54, 1.807) is 0 Å². The van der Waals surface area contributed by atoms with Crippen molar-refractivity contribution < 1.29 is 21.6 Å². The molecule has 1 aliphatic heterocycles. The van der Waals surface area contributed by atoms with Gasteiger partial charge >= 0.3 is 6.18 Å². The van der Waals surface area contributed by atoms with Crippen molar-refractivity contribution in [1.82, 2.24) is 14.6 Å². The van der Waals surface area contributed by atoms with E-state index < -0.39 is 28.8 Å². The fraction of sp³-hybridized carbons (Fsp3) is 0.545. The molecule has 1 N–H and O–H groups in total. The summed E-state index contributed by atoms with van der Waals surface area (Å²) < 4.78 is 64.3. The van der Waals surface area contributed by atoms with Crippen LogP contribution in [-0.2, 0) is 10.0 Å². The van der Waals surface area contributed by atoms with Gasteiger partial charge < -0.3 is 0 Å². The van der Waals surface area contributed by atoms with Gasteiger partial charge in [0.25, 0.3) is 0 Å². The number of rotatable bonds is 4. The third-order valence-corrected chi connectivity index (χ3v) is 5.44. The molecule has 0 spiro atoms. The molecule has 124 valence electrons. The lowest BCUT2D eigenvalue weighted by molar-refractivity contribution is -0.143. The molecule has 1 aromatic rings. The van der Waals surface area contributed by atoms with E-state index in [0.29, 0.717) is 10.9 Å². The van der Waals surface area contributed by atoms with Gasteiger partial charge in [-0.05, 0) is 28.4 Å². The number of pyridine rings is 1. The second-order valence-corrected chi connectivity index (χ2v) is 7.86. The molecule has 1 aliphatic rings. The fourth-order valence-corrected chi connectivity index (χ4v) is 4.41. The van der Waals surface area contributed by atoms with E-state index in [1.807, 2.05) is 0 Å². The van der Waals surface area contributed by atoms with Crippen LogP contribution >= 0.6 is 27.5 Å². The highest BCUT2D eigenvalue weighted by molar-refractivity contribution is 9.10. The van der Waals surface area contributed by atoms with Crippen molar-refractivity contribution in [3.05, 3.63) is 21.9 Å². The number of hydrogen-bond acceptors (Lipinski definition) is 4. The summed E-state index contributed by atoms with van der Waals surface area (Å²) in [4.78, 5) is 4.67.